The number of nitrogens with one attached hydrogen (secondary N) is 2. The summed E-state index contributed by atoms with van der Waals surface area (Å²) >= 11 is 0. The van der Waals surface area contributed by atoms with Gasteiger partial charge in [-0.05, 0) is 18.4 Å². The quantitative estimate of drug-likeness (QED) is 0.325. The van der Waals surface area contributed by atoms with Gasteiger partial charge in [-0.1, -0.05) is 30.3 Å². The summed E-state index contributed by atoms with van der Waals surface area (Å²) in [5, 5.41) is 13.3. The van der Waals surface area contributed by atoms with E-state index in [0.717, 1.165) is 5.56 Å². The molecule has 7 heteroatoms. The van der Waals surface area contributed by atoms with Gasteiger partial charge in [0.05, 0.1) is 7.11 Å². The molecule has 1 aromatic rings. The van der Waals surface area contributed by atoms with Gasteiger partial charge in [-0.25, -0.2) is 9.59 Å². The zero-order valence-electron chi connectivity index (χ0n) is 12.4. The van der Waals surface area contributed by atoms with Crippen LogP contribution < -0.4 is 10.6 Å². The summed E-state index contributed by atoms with van der Waals surface area (Å²) in [6.07, 6.45) is 1.98. The molecule has 1 atom stereocenters. The molecule has 0 fully saturated rings. The largest absolute Gasteiger partial charge is 0.467 e. The Kier molecular flexibility index (Phi) is 7.90. The molecule has 1 rings (SSSR count). The minimum Gasteiger partial charge on any atom is -0.467 e. The van der Waals surface area contributed by atoms with Gasteiger partial charge in [0.1, 0.15) is 12.6 Å². The number of hydrogen-bond donors (Lipinski definition) is 2. The Labute approximate surface area is 129 Å². The maximum atomic E-state index is 11.7. The molecule has 0 aliphatic rings. The third-order valence-electron chi connectivity index (χ3n) is 2.86. The predicted octanol–water partition coefficient (Wildman–Crippen LogP) is 1.31. The SMILES string of the molecule is COC(=O)C(CCCNC#N)NC(=O)OCc1ccccc1. The van der Waals surface area contributed by atoms with Crippen molar-refractivity contribution in [2.75, 3.05) is 13.7 Å². The number of carbonyl (C=O) groups excluding carboxylic acids is 2. The zero-order valence-corrected chi connectivity index (χ0v) is 12.4. The highest BCUT2D eigenvalue weighted by molar-refractivity contribution is 5.81. The second-order valence-electron chi connectivity index (χ2n) is 4.46. The highest BCUT2D eigenvalue weighted by atomic mass is 16.6. The first-order valence-corrected chi connectivity index (χ1v) is 6.84. The zero-order chi connectivity index (χ0) is 16.2. The van der Waals surface area contributed by atoms with E-state index in [1.165, 1.54) is 7.11 Å². The molecule has 0 radical (unpaired) electrons. The Hall–Kier alpha value is -2.75. The molecule has 22 heavy (non-hydrogen) atoms. The van der Waals surface area contributed by atoms with Crippen molar-refractivity contribution in [3.63, 3.8) is 0 Å². The van der Waals surface area contributed by atoms with Crippen molar-refractivity contribution in [2.45, 2.75) is 25.5 Å². The average molecular weight is 305 g/mol. The summed E-state index contributed by atoms with van der Waals surface area (Å²) in [5.41, 5.74) is 0.852. The van der Waals surface area contributed by atoms with Crippen LogP contribution in [0.5, 0.6) is 0 Å². The number of nitriles is 1. The number of hydrogen-bond acceptors (Lipinski definition) is 6. The summed E-state index contributed by atoms with van der Waals surface area (Å²) in [5.74, 6) is -0.548. The Balaban J connectivity index is 2.41. The summed E-state index contributed by atoms with van der Waals surface area (Å²) in [6.45, 7) is 0.543. The lowest BCUT2D eigenvalue weighted by molar-refractivity contribution is -0.143. The normalized spacial score (nSPS) is 10.9. The van der Waals surface area contributed by atoms with Crippen LogP contribution in [0.4, 0.5) is 4.79 Å². The van der Waals surface area contributed by atoms with Gasteiger partial charge in [0.15, 0.2) is 6.19 Å². The highest BCUT2D eigenvalue weighted by Crippen LogP contribution is 2.03. The molecule has 1 amide bonds. The van der Waals surface area contributed by atoms with E-state index in [0.29, 0.717) is 19.4 Å². The lowest BCUT2D eigenvalue weighted by atomic mass is 10.1. The molecule has 0 aliphatic carbocycles. The molecule has 0 saturated carbocycles. The minimum absolute atomic E-state index is 0.122. The van der Waals surface area contributed by atoms with Crippen molar-refractivity contribution < 1.29 is 19.1 Å². The number of nitrogens with zero attached hydrogens (tertiary/aromatic N) is 1. The molecule has 7 nitrogen and oxygen atoms in total. The fourth-order valence-electron chi connectivity index (χ4n) is 1.75. The number of amides is 1. The van der Waals surface area contributed by atoms with E-state index < -0.39 is 18.1 Å². The average Bonchev–Trinajstić information content (AvgIpc) is 2.56. The molecule has 2 N–H and O–H groups in total. The van der Waals surface area contributed by atoms with Gasteiger partial charge >= 0.3 is 12.1 Å². The Morgan fingerprint density at radius 2 is 2.05 bits per heavy atom. The van der Waals surface area contributed by atoms with Crippen molar-refractivity contribution in [1.82, 2.24) is 10.6 Å². The van der Waals surface area contributed by atoms with Gasteiger partial charge < -0.3 is 20.1 Å². The molecule has 118 valence electrons. The lowest BCUT2D eigenvalue weighted by Crippen LogP contribution is -2.42. The number of methoxy groups -OCH3 is 1. The number of rotatable bonds is 8. The number of ether oxygens (including phenoxy) is 2. The molecule has 0 bridgehead atoms. The smallest absolute Gasteiger partial charge is 0.408 e. The third-order valence-corrected chi connectivity index (χ3v) is 2.86. The van der Waals surface area contributed by atoms with E-state index in [1.54, 1.807) is 6.19 Å². The monoisotopic (exact) mass is 305 g/mol. The van der Waals surface area contributed by atoms with Gasteiger partial charge in [-0.3, -0.25) is 0 Å². The molecule has 1 unspecified atom stereocenters. The van der Waals surface area contributed by atoms with Crippen molar-refractivity contribution in [3.8, 4) is 6.19 Å². The Morgan fingerprint density at radius 3 is 2.68 bits per heavy atom. The molecular weight excluding hydrogens is 286 g/mol. The van der Waals surface area contributed by atoms with Crippen LogP contribution in [-0.2, 0) is 20.9 Å². The number of esters is 1. The van der Waals surface area contributed by atoms with E-state index in [-0.39, 0.29) is 6.61 Å². The molecular formula is C15H19N3O4. The highest BCUT2D eigenvalue weighted by Gasteiger charge is 2.21. The van der Waals surface area contributed by atoms with Crippen LogP contribution in [0.25, 0.3) is 0 Å². The van der Waals surface area contributed by atoms with Crippen molar-refractivity contribution in [2.24, 2.45) is 0 Å². The summed E-state index contributed by atoms with van der Waals surface area (Å²) in [6, 6.07) is 8.42. The maximum Gasteiger partial charge on any atom is 0.408 e. The first kappa shape index (κ1) is 17.3. The van der Waals surface area contributed by atoms with Gasteiger partial charge in [-0.2, -0.15) is 5.26 Å². The number of alkyl carbamates (subject to hydrolysis) is 1. The van der Waals surface area contributed by atoms with E-state index >= 15 is 0 Å². The fourth-order valence-corrected chi connectivity index (χ4v) is 1.75. The van der Waals surface area contributed by atoms with Gasteiger partial charge in [0.2, 0.25) is 0 Å². The summed E-state index contributed by atoms with van der Waals surface area (Å²) in [7, 11) is 1.25. The van der Waals surface area contributed by atoms with Gasteiger partial charge in [-0.15, -0.1) is 0 Å². The second-order valence-corrected chi connectivity index (χ2v) is 4.46. The summed E-state index contributed by atoms with van der Waals surface area (Å²) in [4.78, 5) is 23.3. The van der Waals surface area contributed by atoms with Crippen molar-refractivity contribution in [3.05, 3.63) is 35.9 Å². The maximum absolute atomic E-state index is 11.7. The third kappa shape index (κ3) is 6.61. The number of carbonyl (C=O) groups is 2. The molecule has 0 aliphatic heterocycles. The Morgan fingerprint density at radius 1 is 1.32 bits per heavy atom. The first-order chi connectivity index (χ1) is 10.7. The minimum atomic E-state index is -0.797. The van der Waals surface area contributed by atoms with E-state index in [4.69, 9.17) is 10.00 Å². The number of benzene rings is 1. The molecule has 0 spiro atoms. The molecule has 0 heterocycles. The van der Waals surface area contributed by atoms with E-state index in [9.17, 15) is 9.59 Å². The molecule has 1 aromatic carbocycles. The first-order valence-electron chi connectivity index (χ1n) is 6.84. The predicted molar refractivity (Wildman–Crippen MR) is 78.4 cm³/mol. The van der Waals surface area contributed by atoms with E-state index in [1.807, 2.05) is 30.3 Å². The lowest BCUT2D eigenvalue weighted by Gasteiger charge is -2.16. The fraction of sp³-hybridized carbons (Fsp3) is 0.400. The summed E-state index contributed by atoms with van der Waals surface area (Å²) < 4.78 is 9.69. The van der Waals surface area contributed by atoms with Crippen molar-refractivity contribution >= 4 is 12.1 Å². The van der Waals surface area contributed by atoms with Crippen LogP contribution in [0.3, 0.4) is 0 Å². The van der Waals surface area contributed by atoms with Crippen LogP contribution >= 0.6 is 0 Å². The second kappa shape index (κ2) is 10.0. The van der Waals surface area contributed by atoms with Crippen LogP contribution in [0.15, 0.2) is 30.3 Å². The van der Waals surface area contributed by atoms with Crippen LogP contribution in [0, 0.1) is 11.5 Å². The molecule has 0 aromatic heterocycles. The standard InChI is InChI=1S/C15H19N3O4/c1-21-14(19)13(8-5-9-17-11-16)18-15(20)22-10-12-6-3-2-4-7-12/h2-4,6-7,13,17H,5,8-10H2,1H3,(H,18,20). The topological polar surface area (TPSA) is 100 Å². The van der Waals surface area contributed by atoms with Crippen LogP contribution in [-0.4, -0.2) is 31.8 Å². The van der Waals surface area contributed by atoms with Crippen molar-refractivity contribution in [1.29, 1.82) is 5.26 Å². The Bertz CT molecular complexity index is 513. The van der Waals surface area contributed by atoms with E-state index in [2.05, 4.69) is 15.4 Å². The van der Waals surface area contributed by atoms with Crippen LogP contribution in [0.2, 0.25) is 0 Å². The van der Waals surface area contributed by atoms with Crippen LogP contribution in [0.1, 0.15) is 18.4 Å². The van der Waals surface area contributed by atoms with Gasteiger partial charge in [0.25, 0.3) is 0 Å². The van der Waals surface area contributed by atoms with Gasteiger partial charge in [0, 0.05) is 6.54 Å². The molecule has 0 saturated heterocycles.